The van der Waals surface area contributed by atoms with Gasteiger partial charge in [-0.25, -0.2) is 9.78 Å². The fourth-order valence-electron chi connectivity index (χ4n) is 1.79. The number of nitrogens with zero attached hydrogens (tertiary/aromatic N) is 4. The third-order valence-corrected chi connectivity index (χ3v) is 3.52. The second-order valence-corrected chi connectivity index (χ2v) is 5.44. The molecule has 0 N–H and O–H groups in total. The summed E-state index contributed by atoms with van der Waals surface area (Å²) >= 11 is 17.7. The van der Waals surface area contributed by atoms with Crippen LogP contribution in [0.15, 0.2) is 10.9 Å². The number of aromatic nitrogens is 4. The first-order chi connectivity index (χ1) is 8.82. The van der Waals surface area contributed by atoms with Crippen LogP contribution in [0.1, 0.15) is 25.7 Å². The van der Waals surface area contributed by atoms with E-state index < -0.39 is 0 Å². The van der Waals surface area contributed by atoms with Gasteiger partial charge < -0.3 is 0 Å². The molecule has 0 amide bonds. The predicted molar refractivity (Wildman–Crippen MR) is 75.8 cm³/mol. The van der Waals surface area contributed by atoms with Crippen molar-refractivity contribution < 1.29 is 0 Å². The molecule has 0 saturated heterocycles. The summed E-state index contributed by atoms with van der Waals surface area (Å²) in [5.41, 5.74) is -0.319. The largest absolute Gasteiger partial charge is 0.352 e. The van der Waals surface area contributed by atoms with Crippen molar-refractivity contribution in [2.45, 2.75) is 26.8 Å². The molecule has 19 heavy (non-hydrogen) atoms. The van der Waals surface area contributed by atoms with Gasteiger partial charge in [-0.15, -0.1) is 5.10 Å². The van der Waals surface area contributed by atoms with Gasteiger partial charge in [0.05, 0.1) is 10.0 Å². The van der Waals surface area contributed by atoms with Gasteiger partial charge in [0.15, 0.2) is 5.82 Å². The number of halogens is 3. The summed E-state index contributed by atoms with van der Waals surface area (Å²) in [5.74, 6) is 0.743. The maximum absolute atomic E-state index is 12.3. The SMILES string of the molecule is Cc1nn(-c2nc(Cl)c(Cl)cc2Cl)c(=O)n1C(C)C. The Kier molecular flexibility index (Phi) is 3.90. The quantitative estimate of drug-likeness (QED) is 0.798. The van der Waals surface area contributed by atoms with Crippen molar-refractivity contribution >= 4 is 34.8 Å². The van der Waals surface area contributed by atoms with Crippen LogP contribution in [0.3, 0.4) is 0 Å². The first-order valence-corrected chi connectivity index (χ1v) is 6.66. The minimum Gasteiger partial charge on any atom is -0.276 e. The van der Waals surface area contributed by atoms with Crippen LogP contribution in [0.5, 0.6) is 0 Å². The molecule has 0 fully saturated rings. The fourth-order valence-corrected chi connectivity index (χ4v) is 2.37. The second kappa shape index (κ2) is 5.15. The molecule has 0 atom stereocenters. The summed E-state index contributed by atoms with van der Waals surface area (Å²) < 4.78 is 2.67. The molecule has 2 aromatic rings. The van der Waals surface area contributed by atoms with Gasteiger partial charge in [0.2, 0.25) is 0 Å². The predicted octanol–water partition coefficient (Wildman–Crippen LogP) is 3.28. The van der Waals surface area contributed by atoms with Crippen molar-refractivity contribution in [1.82, 2.24) is 19.3 Å². The highest BCUT2D eigenvalue weighted by molar-refractivity contribution is 6.42. The average Bonchev–Trinajstić information content (AvgIpc) is 2.59. The van der Waals surface area contributed by atoms with E-state index in [0.717, 1.165) is 4.68 Å². The highest BCUT2D eigenvalue weighted by Gasteiger charge is 2.18. The van der Waals surface area contributed by atoms with Crippen LogP contribution in [0.4, 0.5) is 0 Å². The number of rotatable bonds is 2. The number of pyridine rings is 1. The maximum atomic E-state index is 12.3. The van der Waals surface area contributed by atoms with Gasteiger partial charge in [-0.2, -0.15) is 4.68 Å². The summed E-state index contributed by atoms with van der Waals surface area (Å²) in [6.07, 6.45) is 0. The Bertz CT molecular complexity index is 690. The van der Waals surface area contributed by atoms with Crippen molar-refractivity contribution in [1.29, 1.82) is 0 Å². The molecule has 0 aliphatic rings. The molecule has 8 heteroatoms. The maximum Gasteiger partial charge on any atom is 0.352 e. The van der Waals surface area contributed by atoms with E-state index in [-0.39, 0.29) is 32.7 Å². The van der Waals surface area contributed by atoms with E-state index in [1.165, 1.54) is 6.07 Å². The van der Waals surface area contributed by atoms with E-state index >= 15 is 0 Å². The van der Waals surface area contributed by atoms with Gasteiger partial charge in [-0.3, -0.25) is 4.57 Å². The zero-order valence-electron chi connectivity index (χ0n) is 10.5. The summed E-state index contributed by atoms with van der Waals surface area (Å²) in [4.78, 5) is 16.3. The molecule has 0 bridgehead atoms. The van der Waals surface area contributed by atoms with E-state index in [0.29, 0.717) is 5.82 Å². The monoisotopic (exact) mass is 320 g/mol. The standard InChI is InChI=1S/C11H11Cl3N4O/c1-5(2)17-6(3)16-18(11(17)19)10-8(13)4-7(12)9(14)15-10/h4-5H,1-3H3. The Morgan fingerprint density at radius 1 is 1.21 bits per heavy atom. The minimum absolute atomic E-state index is 0.0113. The molecule has 2 heterocycles. The average molecular weight is 322 g/mol. The van der Waals surface area contributed by atoms with Crippen LogP contribution in [0, 0.1) is 6.92 Å². The third-order valence-electron chi connectivity index (χ3n) is 2.57. The lowest BCUT2D eigenvalue weighted by atomic mass is 10.4. The Morgan fingerprint density at radius 3 is 2.37 bits per heavy atom. The van der Waals surface area contributed by atoms with Crippen LogP contribution in [0.25, 0.3) is 5.82 Å². The van der Waals surface area contributed by atoms with Crippen LogP contribution in [0.2, 0.25) is 15.2 Å². The number of hydrogen-bond acceptors (Lipinski definition) is 3. The molecular formula is C11H11Cl3N4O. The van der Waals surface area contributed by atoms with Crippen LogP contribution >= 0.6 is 34.8 Å². The Hall–Kier alpha value is -1.04. The van der Waals surface area contributed by atoms with E-state index in [1.807, 2.05) is 13.8 Å². The Labute approximate surface area is 124 Å². The van der Waals surface area contributed by atoms with Crippen molar-refractivity contribution in [3.63, 3.8) is 0 Å². The van der Waals surface area contributed by atoms with Crippen LogP contribution in [-0.2, 0) is 0 Å². The first-order valence-electron chi connectivity index (χ1n) is 5.53. The number of aryl methyl sites for hydroxylation is 1. The first kappa shape index (κ1) is 14.4. The Morgan fingerprint density at radius 2 is 1.84 bits per heavy atom. The highest BCUT2D eigenvalue weighted by atomic mass is 35.5. The molecule has 0 aromatic carbocycles. The molecule has 2 rings (SSSR count). The summed E-state index contributed by atoms with van der Waals surface area (Å²) in [6.45, 7) is 5.53. The summed E-state index contributed by atoms with van der Waals surface area (Å²) in [7, 11) is 0. The summed E-state index contributed by atoms with van der Waals surface area (Å²) in [5, 5.41) is 4.66. The molecule has 0 saturated carbocycles. The van der Waals surface area contributed by atoms with Crippen molar-refractivity contribution in [2.75, 3.05) is 0 Å². The molecule has 102 valence electrons. The van der Waals surface area contributed by atoms with E-state index in [4.69, 9.17) is 34.8 Å². The van der Waals surface area contributed by atoms with Gasteiger partial charge in [-0.05, 0) is 26.8 Å². The van der Waals surface area contributed by atoms with Crippen LogP contribution in [-0.4, -0.2) is 19.3 Å². The van der Waals surface area contributed by atoms with Gasteiger partial charge in [0.1, 0.15) is 11.0 Å². The minimum atomic E-state index is -0.319. The highest BCUT2D eigenvalue weighted by Crippen LogP contribution is 2.27. The lowest BCUT2D eigenvalue weighted by Gasteiger charge is -2.06. The van der Waals surface area contributed by atoms with Crippen LogP contribution < -0.4 is 5.69 Å². The molecule has 0 aliphatic carbocycles. The van der Waals surface area contributed by atoms with Gasteiger partial charge >= 0.3 is 5.69 Å². The van der Waals surface area contributed by atoms with Gasteiger partial charge in [0.25, 0.3) is 0 Å². The normalized spacial score (nSPS) is 11.3. The molecule has 2 aromatic heterocycles. The van der Waals surface area contributed by atoms with Gasteiger partial charge in [0, 0.05) is 6.04 Å². The zero-order valence-corrected chi connectivity index (χ0v) is 12.8. The Balaban J connectivity index is 2.70. The molecule has 5 nitrogen and oxygen atoms in total. The van der Waals surface area contributed by atoms with Crippen molar-refractivity contribution in [3.8, 4) is 5.82 Å². The van der Waals surface area contributed by atoms with E-state index in [1.54, 1.807) is 11.5 Å². The molecular weight excluding hydrogens is 311 g/mol. The molecule has 0 radical (unpaired) electrons. The topological polar surface area (TPSA) is 52.7 Å². The second-order valence-electron chi connectivity index (χ2n) is 4.27. The van der Waals surface area contributed by atoms with Gasteiger partial charge in [-0.1, -0.05) is 34.8 Å². The van der Waals surface area contributed by atoms with Crippen molar-refractivity contribution in [3.05, 3.63) is 37.6 Å². The van der Waals surface area contributed by atoms with E-state index in [9.17, 15) is 4.79 Å². The molecule has 0 spiro atoms. The number of hydrogen-bond donors (Lipinski definition) is 0. The lowest BCUT2D eigenvalue weighted by Crippen LogP contribution is -2.26. The summed E-state index contributed by atoms with van der Waals surface area (Å²) in [6, 6.07) is 1.42. The molecule has 0 aliphatic heterocycles. The zero-order chi connectivity index (χ0) is 14.3. The fraction of sp³-hybridized carbons (Fsp3) is 0.364. The third kappa shape index (κ3) is 2.50. The van der Waals surface area contributed by atoms with E-state index in [2.05, 4.69) is 10.1 Å². The lowest BCUT2D eigenvalue weighted by molar-refractivity contribution is 0.560. The smallest absolute Gasteiger partial charge is 0.276 e. The molecule has 0 unspecified atom stereocenters. The van der Waals surface area contributed by atoms with Crippen molar-refractivity contribution in [2.24, 2.45) is 0 Å².